The Morgan fingerprint density at radius 1 is 1.00 bits per heavy atom. The normalized spacial score (nSPS) is 16.3. The maximum Gasteiger partial charge on any atom is 0.432 e. The van der Waals surface area contributed by atoms with Gasteiger partial charge in [-0.3, -0.25) is 0 Å². The third kappa shape index (κ3) is 5.85. The number of nitrogens with one attached hydrogen (secondary N) is 2. The fourth-order valence-electron chi connectivity index (χ4n) is 3.16. The number of carbonyl (C=O) groups is 2. The highest BCUT2D eigenvalue weighted by Crippen LogP contribution is 2.35. The predicted molar refractivity (Wildman–Crippen MR) is 113 cm³/mol. The van der Waals surface area contributed by atoms with E-state index in [4.69, 9.17) is 14.2 Å². The van der Waals surface area contributed by atoms with E-state index in [1.807, 2.05) is 0 Å². The molecule has 0 radical (unpaired) electrons. The first kappa shape index (κ1) is 23.7. The molecular formula is C23H21F3N2O5. The fraction of sp³-hybridized carbons (Fsp3) is 0.217. The van der Waals surface area contributed by atoms with Crippen molar-refractivity contribution in [3.8, 4) is 11.5 Å². The summed E-state index contributed by atoms with van der Waals surface area (Å²) in [5.74, 6) is -0.0801. The molecule has 174 valence electrons. The molecule has 33 heavy (non-hydrogen) atoms. The molecule has 0 bridgehead atoms. The Balaban J connectivity index is 1.83. The van der Waals surface area contributed by atoms with E-state index < -0.39 is 35.5 Å². The van der Waals surface area contributed by atoms with E-state index in [0.717, 1.165) is 5.56 Å². The molecular weight excluding hydrogens is 441 g/mol. The largest absolute Gasteiger partial charge is 0.497 e. The molecule has 0 fully saturated rings. The number of alkyl halides is 3. The van der Waals surface area contributed by atoms with Crippen molar-refractivity contribution in [2.24, 2.45) is 0 Å². The Hall–Kier alpha value is -3.95. The number of ether oxygens (including phenoxy) is 3. The second kappa shape index (κ2) is 10.1. The van der Waals surface area contributed by atoms with Crippen molar-refractivity contribution < 1.29 is 37.0 Å². The SMILES string of the molecule is COc1ccc(C=CCOC(=O)C2=C(C(F)(F)F)NC(=O)NC2c2ccc(OC)cc2)cc1. The summed E-state index contributed by atoms with van der Waals surface area (Å²) < 4.78 is 56.1. The molecule has 7 nitrogen and oxygen atoms in total. The number of allylic oxidation sites excluding steroid dienone is 1. The molecule has 1 unspecified atom stereocenters. The van der Waals surface area contributed by atoms with Crippen LogP contribution in [0.5, 0.6) is 11.5 Å². The summed E-state index contributed by atoms with van der Waals surface area (Å²) in [7, 11) is 2.97. The van der Waals surface area contributed by atoms with Gasteiger partial charge in [-0.2, -0.15) is 13.2 Å². The molecule has 10 heteroatoms. The van der Waals surface area contributed by atoms with Crippen LogP contribution in [0.4, 0.5) is 18.0 Å². The number of benzene rings is 2. The number of urea groups is 1. The number of carbonyl (C=O) groups excluding carboxylic acids is 2. The van der Waals surface area contributed by atoms with Crippen molar-refractivity contribution in [3.63, 3.8) is 0 Å². The van der Waals surface area contributed by atoms with Crippen molar-refractivity contribution in [3.05, 3.63) is 77.0 Å². The standard InChI is InChI=1S/C23H21F3N2O5/c1-31-16-9-5-14(6-10-16)4-3-13-33-21(29)18-19(15-7-11-17(32-2)12-8-15)27-22(30)28-20(18)23(24,25)26/h3-12,19H,13H2,1-2H3,(H2,27,28,30). The number of amides is 2. The maximum atomic E-state index is 13.7. The van der Waals surface area contributed by atoms with Crippen molar-refractivity contribution in [2.75, 3.05) is 20.8 Å². The van der Waals surface area contributed by atoms with Gasteiger partial charge in [0.25, 0.3) is 0 Å². The summed E-state index contributed by atoms with van der Waals surface area (Å²) in [6, 6.07) is 10.5. The molecule has 0 spiro atoms. The molecule has 1 aliphatic heterocycles. The van der Waals surface area contributed by atoms with Crippen LogP contribution < -0.4 is 20.1 Å². The lowest BCUT2D eigenvalue weighted by atomic mass is 9.95. The number of hydrogen-bond acceptors (Lipinski definition) is 5. The first-order valence-corrected chi connectivity index (χ1v) is 9.73. The molecule has 1 atom stereocenters. The summed E-state index contributed by atoms with van der Waals surface area (Å²) in [4.78, 5) is 24.6. The molecule has 2 aromatic rings. The van der Waals surface area contributed by atoms with Crippen molar-refractivity contribution >= 4 is 18.1 Å². The molecule has 2 amide bonds. The Morgan fingerprint density at radius 3 is 2.12 bits per heavy atom. The van der Waals surface area contributed by atoms with Gasteiger partial charge in [-0.1, -0.05) is 30.3 Å². The maximum absolute atomic E-state index is 13.7. The minimum absolute atomic E-state index is 0.258. The van der Waals surface area contributed by atoms with Gasteiger partial charge >= 0.3 is 18.2 Å². The first-order chi connectivity index (χ1) is 15.7. The van der Waals surface area contributed by atoms with Gasteiger partial charge in [0, 0.05) is 0 Å². The van der Waals surface area contributed by atoms with Crippen molar-refractivity contribution in [1.29, 1.82) is 0 Å². The summed E-state index contributed by atoms with van der Waals surface area (Å²) >= 11 is 0. The molecule has 2 N–H and O–H groups in total. The topological polar surface area (TPSA) is 85.9 Å². The van der Waals surface area contributed by atoms with Gasteiger partial charge in [0.05, 0.1) is 25.8 Å². The van der Waals surface area contributed by atoms with Gasteiger partial charge in [0.1, 0.15) is 23.8 Å². The summed E-state index contributed by atoms with van der Waals surface area (Å²) in [6.07, 6.45) is -1.84. The van der Waals surface area contributed by atoms with Crippen LogP contribution in [0.15, 0.2) is 65.9 Å². The van der Waals surface area contributed by atoms with Gasteiger partial charge in [-0.05, 0) is 41.5 Å². The Kier molecular flexibility index (Phi) is 7.27. The summed E-state index contributed by atoms with van der Waals surface area (Å²) in [5, 5.41) is 4.04. The quantitative estimate of drug-likeness (QED) is 0.605. The zero-order valence-corrected chi connectivity index (χ0v) is 17.7. The molecule has 0 aromatic heterocycles. The number of hydrogen-bond donors (Lipinski definition) is 2. The molecule has 2 aromatic carbocycles. The van der Waals surface area contributed by atoms with Crippen molar-refractivity contribution in [1.82, 2.24) is 10.6 Å². The van der Waals surface area contributed by atoms with Crippen LogP contribution in [0.25, 0.3) is 6.08 Å². The third-order valence-corrected chi connectivity index (χ3v) is 4.76. The Bertz CT molecular complexity index is 1060. The Morgan fingerprint density at radius 2 is 1.58 bits per heavy atom. The Labute approximate surface area is 187 Å². The van der Waals surface area contributed by atoms with Crippen LogP contribution in [-0.2, 0) is 9.53 Å². The van der Waals surface area contributed by atoms with Gasteiger partial charge in [0.2, 0.25) is 0 Å². The van der Waals surface area contributed by atoms with Crippen LogP contribution in [0.1, 0.15) is 17.2 Å². The molecule has 0 saturated carbocycles. The average molecular weight is 462 g/mol. The number of methoxy groups -OCH3 is 2. The van der Waals surface area contributed by atoms with E-state index in [9.17, 15) is 22.8 Å². The molecule has 3 rings (SSSR count). The van der Waals surface area contributed by atoms with Crippen LogP contribution in [0.2, 0.25) is 0 Å². The van der Waals surface area contributed by atoms with Crippen LogP contribution >= 0.6 is 0 Å². The van der Waals surface area contributed by atoms with Crippen LogP contribution in [0, 0.1) is 0 Å². The molecule has 1 heterocycles. The van der Waals surface area contributed by atoms with E-state index in [2.05, 4.69) is 5.32 Å². The second-order valence-corrected chi connectivity index (χ2v) is 6.87. The smallest absolute Gasteiger partial charge is 0.432 e. The number of rotatable bonds is 7. The summed E-state index contributed by atoms with van der Waals surface area (Å²) in [5.41, 5.74) is -1.17. The number of halogens is 3. The second-order valence-electron chi connectivity index (χ2n) is 6.87. The van der Waals surface area contributed by atoms with Gasteiger partial charge in [0.15, 0.2) is 0 Å². The van der Waals surface area contributed by atoms with Gasteiger partial charge in [-0.15, -0.1) is 0 Å². The fourth-order valence-corrected chi connectivity index (χ4v) is 3.16. The lowest BCUT2D eigenvalue weighted by Crippen LogP contribution is -2.49. The van der Waals surface area contributed by atoms with Crippen LogP contribution in [0.3, 0.4) is 0 Å². The minimum Gasteiger partial charge on any atom is -0.497 e. The highest BCUT2D eigenvalue weighted by Gasteiger charge is 2.45. The van der Waals surface area contributed by atoms with E-state index in [1.54, 1.807) is 35.7 Å². The van der Waals surface area contributed by atoms with E-state index in [-0.39, 0.29) is 12.2 Å². The molecule has 0 saturated heterocycles. The predicted octanol–water partition coefficient (Wildman–Crippen LogP) is 4.13. The van der Waals surface area contributed by atoms with Gasteiger partial charge < -0.3 is 24.8 Å². The number of esters is 1. The van der Waals surface area contributed by atoms with E-state index in [0.29, 0.717) is 11.5 Å². The van der Waals surface area contributed by atoms with E-state index in [1.165, 1.54) is 44.6 Å². The zero-order chi connectivity index (χ0) is 24.0. The average Bonchev–Trinajstić information content (AvgIpc) is 2.81. The minimum atomic E-state index is -4.98. The lowest BCUT2D eigenvalue weighted by Gasteiger charge is -2.30. The van der Waals surface area contributed by atoms with Gasteiger partial charge in [-0.25, -0.2) is 9.59 Å². The highest BCUT2D eigenvalue weighted by atomic mass is 19.4. The first-order valence-electron chi connectivity index (χ1n) is 9.73. The lowest BCUT2D eigenvalue weighted by molar-refractivity contribution is -0.140. The zero-order valence-electron chi connectivity index (χ0n) is 17.7. The third-order valence-electron chi connectivity index (χ3n) is 4.76. The van der Waals surface area contributed by atoms with Crippen LogP contribution in [-0.4, -0.2) is 39.0 Å². The highest BCUT2D eigenvalue weighted by molar-refractivity contribution is 5.95. The van der Waals surface area contributed by atoms with Crippen molar-refractivity contribution in [2.45, 2.75) is 12.2 Å². The molecule has 1 aliphatic rings. The summed E-state index contributed by atoms with van der Waals surface area (Å²) in [6.45, 7) is -0.275. The molecule has 0 aliphatic carbocycles. The monoisotopic (exact) mass is 462 g/mol. The van der Waals surface area contributed by atoms with E-state index >= 15 is 0 Å².